The highest BCUT2D eigenvalue weighted by atomic mass is 32.1. The molecule has 1 atom stereocenters. The monoisotopic (exact) mass is 454 g/mol. The van der Waals surface area contributed by atoms with Crippen molar-refractivity contribution in [3.63, 3.8) is 0 Å². The first kappa shape index (κ1) is 21.1. The summed E-state index contributed by atoms with van der Waals surface area (Å²) in [6.45, 7) is 4.22. The molecular weight excluding hydrogens is 432 g/mol. The Morgan fingerprint density at radius 1 is 0.939 bits per heavy atom. The second kappa shape index (κ2) is 8.30. The second-order valence-electron chi connectivity index (χ2n) is 8.32. The molecule has 33 heavy (non-hydrogen) atoms. The van der Waals surface area contributed by atoms with Crippen LogP contribution in [0.5, 0.6) is 0 Å². The first-order chi connectivity index (χ1) is 16.0. The van der Waals surface area contributed by atoms with E-state index in [1.807, 2.05) is 54.6 Å². The minimum Gasteiger partial charge on any atom is -0.507 e. The van der Waals surface area contributed by atoms with Crippen LogP contribution in [0, 0.1) is 0 Å². The number of aliphatic hydroxyl groups is 1. The van der Waals surface area contributed by atoms with Gasteiger partial charge in [0.05, 0.1) is 21.8 Å². The Hall–Kier alpha value is -3.77. The van der Waals surface area contributed by atoms with Crippen molar-refractivity contribution >= 4 is 44.1 Å². The maximum absolute atomic E-state index is 13.3. The van der Waals surface area contributed by atoms with E-state index in [1.54, 1.807) is 24.3 Å². The zero-order chi connectivity index (χ0) is 23.1. The predicted octanol–water partition coefficient (Wildman–Crippen LogP) is 6.05. The highest BCUT2D eigenvalue weighted by Crippen LogP contribution is 2.44. The Morgan fingerprint density at radius 2 is 1.61 bits per heavy atom. The van der Waals surface area contributed by atoms with E-state index >= 15 is 0 Å². The number of thiazole rings is 1. The first-order valence-electron chi connectivity index (χ1n) is 10.8. The van der Waals surface area contributed by atoms with Crippen LogP contribution in [0.15, 0.2) is 84.4 Å². The Bertz CT molecular complexity index is 1350. The van der Waals surface area contributed by atoms with Crippen LogP contribution in [-0.2, 0) is 9.59 Å². The quantitative estimate of drug-likeness (QED) is 0.232. The van der Waals surface area contributed by atoms with E-state index < -0.39 is 17.7 Å². The standard InChI is InChI=1S/C27H22N2O3S/c1-16(2)17-12-14-18(15-13-17)23-22(24(30)19-8-4-3-5-9-19)25(31)26(32)29(23)27-28-20-10-6-7-11-21(20)33-27/h3-16,23,30H,1-2H3/t23-/m0/s1. The number of aliphatic hydroxyl groups excluding tert-OH is 1. The van der Waals surface area contributed by atoms with Gasteiger partial charge in [0.25, 0.3) is 5.78 Å². The molecule has 1 aliphatic rings. The SMILES string of the molecule is CC(C)c1ccc([C@H]2C(=C(O)c3ccccc3)C(=O)C(=O)N2c2nc3ccccc3s2)cc1. The minimum atomic E-state index is -0.771. The van der Waals surface area contributed by atoms with Gasteiger partial charge in [-0.1, -0.05) is 91.9 Å². The number of fused-ring (bicyclic) bond motifs is 1. The molecule has 0 saturated carbocycles. The van der Waals surface area contributed by atoms with Gasteiger partial charge in [0.1, 0.15) is 5.76 Å². The third kappa shape index (κ3) is 3.62. The molecular formula is C27H22N2O3S. The summed E-state index contributed by atoms with van der Waals surface area (Å²) >= 11 is 1.35. The zero-order valence-corrected chi connectivity index (χ0v) is 19.0. The van der Waals surface area contributed by atoms with Gasteiger partial charge in [-0.25, -0.2) is 4.98 Å². The molecule has 0 spiro atoms. The number of anilines is 1. The Kier molecular flexibility index (Phi) is 5.30. The molecule has 6 heteroatoms. The molecule has 0 aliphatic carbocycles. The van der Waals surface area contributed by atoms with Gasteiger partial charge < -0.3 is 5.11 Å². The van der Waals surface area contributed by atoms with Crippen molar-refractivity contribution in [2.45, 2.75) is 25.8 Å². The van der Waals surface area contributed by atoms with Crippen LogP contribution >= 0.6 is 11.3 Å². The molecule has 5 nitrogen and oxygen atoms in total. The molecule has 0 unspecified atom stereocenters. The van der Waals surface area contributed by atoms with Crippen LogP contribution in [0.25, 0.3) is 16.0 Å². The molecule has 1 aliphatic heterocycles. The number of hydrogen-bond acceptors (Lipinski definition) is 5. The van der Waals surface area contributed by atoms with Crippen LogP contribution in [0.2, 0.25) is 0 Å². The van der Waals surface area contributed by atoms with Crippen LogP contribution in [0.4, 0.5) is 5.13 Å². The number of hydrogen-bond donors (Lipinski definition) is 1. The van der Waals surface area contributed by atoms with E-state index in [1.165, 1.54) is 16.2 Å². The van der Waals surface area contributed by atoms with Crippen molar-refractivity contribution in [1.82, 2.24) is 4.98 Å². The van der Waals surface area contributed by atoms with Crippen LogP contribution < -0.4 is 4.90 Å². The molecule has 4 aromatic rings. The number of Topliss-reactive ketones (excluding diaryl/α,β-unsaturated/α-hetero) is 1. The minimum absolute atomic E-state index is 0.0720. The van der Waals surface area contributed by atoms with Crippen LogP contribution in [0.1, 0.15) is 42.5 Å². The van der Waals surface area contributed by atoms with E-state index in [9.17, 15) is 14.7 Å². The normalized spacial score (nSPS) is 17.9. The highest BCUT2D eigenvalue weighted by molar-refractivity contribution is 7.22. The van der Waals surface area contributed by atoms with E-state index in [-0.39, 0.29) is 11.3 Å². The van der Waals surface area contributed by atoms with Gasteiger partial charge >= 0.3 is 5.91 Å². The van der Waals surface area contributed by atoms with Gasteiger partial charge in [0, 0.05) is 5.56 Å². The number of rotatable bonds is 4. The van der Waals surface area contributed by atoms with Crippen LogP contribution in [-0.4, -0.2) is 21.8 Å². The Labute approximate surface area is 195 Å². The largest absolute Gasteiger partial charge is 0.507 e. The fourth-order valence-electron chi connectivity index (χ4n) is 4.12. The third-order valence-corrected chi connectivity index (χ3v) is 6.93. The smallest absolute Gasteiger partial charge is 0.301 e. The molecule has 1 N–H and O–H groups in total. The topological polar surface area (TPSA) is 70.5 Å². The lowest BCUT2D eigenvalue weighted by Gasteiger charge is -2.23. The molecule has 1 fully saturated rings. The lowest BCUT2D eigenvalue weighted by Crippen LogP contribution is -2.29. The zero-order valence-electron chi connectivity index (χ0n) is 18.2. The number of carbonyl (C=O) groups excluding carboxylic acids is 2. The average molecular weight is 455 g/mol. The molecule has 3 aromatic carbocycles. The van der Waals surface area contributed by atoms with E-state index in [0.717, 1.165) is 21.3 Å². The number of benzene rings is 3. The summed E-state index contributed by atoms with van der Waals surface area (Å²) in [5.74, 6) is -1.24. The van der Waals surface area contributed by atoms with Crippen molar-refractivity contribution in [1.29, 1.82) is 0 Å². The number of nitrogens with zero attached hydrogens (tertiary/aromatic N) is 2. The summed E-state index contributed by atoms with van der Waals surface area (Å²) < 4.78 is 0.923. The fraction of sp³-hybridized carbons (Fsp3) is 0.148. The molecule has 164 valence electrons. The van der Waals surface area contributed by atoms with Crippen molar-refractivity contribution < 1.29 is 14.7 Å². The highest BCUT2D eigenvalue weighted by Gasteiger charge is 2.48. The number of aromatic nitrogens is 1. The van der Waals surface area contributed by atoms with Crippen molar-refractivity contribution in [3.8, 4) is 0 Å². The molecule has 1 saturated heterocycles. The fourth-order valence-corrected chi connectivity index (χ4v) is 5.12. The van der Waals surface area contributed by atoms with Gasteiger partial charge in [0.2, 0.25) is 0 Å². The lowest BCUT2D eigenvalue weighted by atomic mass is 9.93. The van der Waals surface area contributed by atoms with Gasteiger partial charge in [0.15, 0.2) is 5.13 Å². The van der Waals surface area contributed by atoms with Crippen LogP contribution in [0.3, 0.4) is 0 Å². The summed E-state index contributed by atoms with van der Waals surface area (Å²) in [5, 5.41) is 11.6. The van der Waals surface area contributed by atoms with Crippen molar-refractivity contribution in [2.75, 3.05) is 4.90 Å². The molecule has 0 radical (unpaired) electrons. The molecule has 1 aromatic heterocycles. The third-order valence-electron chi connectivity index (χ3n) is 5.90. The number of ketones is 1. The maximum Gasteiger partial charge on any atom is 0.301 e. The predicted molar refractivity (Wildman–Crippen MR) is 131 cm³/mol. The molecule has 2 heterocycles. The summed E-state index contributed by atoms with van der Waals surface area (Å²) in [4.78, 5) is 32.6. The summed E-state index contributed by atoms with van der Waals surface area (Å²) in [6, 6.07) is 23.5. The maximum atomic E-state index is 13.3. The van der Waals surface area contributed by atoms with Crippen molar-refractivity contribution in [3.05, 3.63) is 101 Å². The lowest BCUT2D eigenvalue weighted by molar-refractivity contribution is -0.132. The second-order valence-corrected chi connectivity index (χ2v) is 9.33. The Balaban J connectivity index is 1.72. The number of para-hydroxylation sites is 1. The molecule has 1 amide bonds. The average Bonchev–Trinajstić information content (AvgIpc) is 3.38. The molecule has 0 bridgehead atoms. The van der Waals surface area contributed by atoms with Gasteiger partial charge in [-0.3, -0.25) is 14.5 Å². The summed E-state index contributed by atoms with van der Waals surface area (Å²) in [7, 11) is 0. The van der Waals surface area contributed by atoms with E-state index in [0.29, 0.717) is 16.6 Å². The van der Waals surface area contributed by atoms with Crippen molar-refractivity contribution in [2.24, 2.45) is 0 Å². The van der Waals surface area contributed by atoms with Gasteiger partial charge in [-0.2, -0.15) is 0 Å². The van der Waals surface area contributed by atoms with E-state index in [4.69, 9.17) is 0 Å². The summed E-state index contributed by atoms with van der Waals surface area (Å²) in [6.07, 6.45) is 0. The van der Waals surface area contributed by atoms with E-state index in [2.05, 4.69) is 18.8 Å². The van der Waals surface area contributed by atoms with Gasteiger partial charge in [-0.15, -0.1) is 0 Å². The molecule has 5 rings (SSSR count). The Morgan fingerprint density at radius 3 is 2.27 bits per heavy atom. The van der Waals surface area contributed by atoms with Gasteiger partial charge in [-0.05, 0) is 29.2 Å². The first-order valence-corrected chi connectivity index (χ1v) is 11.6. The number of amides is 1. The number of carbonyl (C=O) groups is 2. The summed E-state index contributed by atoms with van der Waals surface area (Å²) in [5.41, 5.74) is 3.22.